The highest BCUT2D eigenvalue weighted by atomic mass is 35.5. The first-order valence-electron chi connectivity index (χ1n) is 7.81. The number of hydrogen-bond acceptors (Lipinski definition) is 4. The number of nitrogens with one attached hydrogen (secondary N) is 1. The van der Waals surface area contributed by atoms with E-state index in [1.54, 1.807) is 30.0 Å². The van der Waals surface area contributed by atoms with E-state index in [0.29, 0.717) is 48.6 Å². The second-order valence-corrected chi connectivity index (χ2v) is 5.88. The van der Waals surface area contributed by atoms with Crippen molar-refractivity contribution in [2.45, 2.75) is 19.9 Å². The van der Waals surface area contributed by atoms with Crippen molar-refractivity contribution in [1.29, 1.82) is 0 Å². The Balaban J connectivity index is 0.00000208. The minimum Gasteiger partial charge on any atom is -0.338 e. The van der Waals surface area contributed by atoms with Crippen molar-refractivity contribution in [2.75, 3.05) is 19.6 Å². The van der Waals surface area contributed by atoms with Crippen LogP contribution in [0.2, 0.25) is 0 Å². The maximum absolute atomic E-state index is 12.6. The monoisotopic (exact) mass is 352 g/mol. The summed E-state index contributed by atoms with van der Waals surface area (Å²) >= 11 is 0. The van der Waals surface area contributed by atoms with Gasteiger partial charge in [-0.25, -0.2) is 4.79 Å². The largest absolute Gasteiger partial charge is 0.338 e. The topological polar surface area (TPSA) is 101 Å². The molecule has 0 radical (unpaired) electrons. The number of hydrogen-bond donors (Lipinski definition) is 2. The van der Waals surface area contributed by atoms with Crippen molar-refractivity contribution in [2.24, 2.45) is 11.7 Å². The molecule has 0 bridgehead atoms. The lowest BCUT2D eigenvalue weighted by atomic mass is 10.1. The van der Waals surface area contributed by atoms with Crippen LogP contribution in [0.15, 0.2) is 27.8 Å². The summed E-state index contributed by atoms with van der Waals surface area (Å²) in [7, 11) is 0. The minimum atomic E-state index is -0.459. The van der Waals surface area contributed by atoms with Crippen LogP contribution in [-0.4, -0.2) is 40.0 Å². The number of aromatic amines is 1. The summed E-state index contributed by atoms with van der Waals surface area (Å²) in [6.45, 7) is 3.96. The molecule has 2 heterocycles. The summed E-state index contributed by atoms with van der Waals surface area (Å²) in [6, 6.07) is 4.82. The first-order valence-corrected chi connectivity index (χ1v) is 7.81. The summed E-state index contributed by atoms with van der Waals surface area (Å²) in [5.41, 5.74) is 5.72. The number of aromatic nitrogens is 2. The Labute approximate surface area is 144 Å². The molecule has 0 aliphatic carbocycles. The van der Waals surface area contributed by atoms with Gasteiger partial charge in [0.1, 0.15) is 0 Å². The second-order valence-electron chi connectivity index (χ2n) is 5.88. The van der Waals surface area contributed by atoms with Gasteiger partial charge in [0.15, 0.2) is 0 Å². The first kappa shape index (κ1) is 18.2. The van der Waals surface area contributed by atoms with Crippen LogP contribution in [0.4, 0.5) is 0 Å². The van der Waals surface area contributed by atoms with Crippen LogP contribution in [0.1, 0.15) is 23.7 Å². The molecule has 1 saturated heterocycles. The Morgan fingerprint density at radius 2 is 2.12 bits per heavy atom. The van der Waals surface area contributed by atoms with Crippen LogP contribution >= 0.6 is 12.4 Å². The van der Waals surface area contributed by atoms with Crippen molar-refractivity contribution in [3.8, 4) is 0 Å². The predicted molar refractivity (Wildman–Crippen MR) is 94.8 cm³/mol. The SMILES string of the molecule is CCn1c(=O)[nH]c2cc(C(=O)N3CCC(CN)C3)ccc2c1=O.Cl. The van der Waals surface area contributed by atoms with Crippen LogP contribution in [0.5, 0.6) is 0 Å². The smallest absolute Gasteiger partial charge is 0.328 e. The van der Waals surface area contributed by atoms with Crippen molar-refractivity contribution in [3.05, 3.63) is 44.6 Å². The van der Waals surface area contributed by atoms with Crippen LogP contribution in [0.3, 0.4) is 0 Å². The molecule has 130 valence electrons. The minimum absolute atomic E-state index is 0. The van der Waals surface area contributed by atoms with E-state index in [1.807, 2.05) is 0 Å². The van der Waals surface area contributed by atoms with Crippen molar-refractivity contribution >= 4 is 29.2 Å². The fourth-order valence-corrected chi connectivity index (χ4v) is 3.07. The predicted octanol–water partition coefficient (Wildman–Crippen LogP) is 0.552. The third-order valence-corrected chi connectivity index (χ3v) is 4.45. The van der Waals surface area contributed by atoms with Gasteiger partial charge in [0, 0.05) is 25.2 Å². The number of benzene rings is 1. The Morgan fingerprint density at radius 3 is 2.75 bits per heavy atom. The molecule has 0 saturated carbocycles. The Hall–Kier alpha value is -2.12. The van der Waals surface area contributed by atoms with Gasteiger partial charge in [0.05, 0.1) is 10.9 Å². The lowest BCUT2D eigenvalue weighted by Gasteiger charge is -2.16. The summed E-state index contributed by atoms with van der Waals surface area (Å²) in [4.78, 5) is 41.1. The van der Waals surface area contributed by atoms with Crippen LogP contribution in [0.25, 0.3) is 10.9 Å². The number of nitrogens with zero attached hydrogens (tertiary/aromatic N) is 2. The molecule has 1 fully saturated rings. The number of halogens is 1. The number of rotatable bonds is 3. The molecule has 0 spiro atoms. The molecule has 8 heteroatoms. The lowest BCUT2D eigenvalue weighted by molar-refractivity contribution is 0.0788. The lowest BCUT2D eigenvalue weighted by Crippen LogP contribution is -2.34. The number of carbonyl (C=O) groups excluding carboxylic acids is 1. The maximum Gasteiger partial charge on any atom is 0.328 e. The van der Waals surface area contributed by atoms with E-state index in [0.717, 1.165) is 11.0 Å². The number of carbonyl (C=O) groups is 1. The maximum atomic E-state index is 12.6. The molecule has 1 aromatic heterocycles. The summed E-state index contributed by atoms with van der Waals surface area (Å²) in [5.74, 6) is 0.249. The van der Waals surface area contributed by atoms with E-state index in [9.17, 15) is 14.4 Å². The average Bonchev–Trinajstić information content (AvgIpc) is 3.03. The zero-order valence-electron chi connectivity index (χ0n) is 13.4. The van der Waals surface area contributed by atoms with Crippen LogP contribution < -0.4 is 17.0 Å². The van der Waals surface area contributed by atoms with Gasteiger partial charge in [-0.05, 0) is 44.0 Å². The van der Waals surface area contributed by atoms with E-state index in [-0.39, 0.29) is 23.9 Å². The summed E-state index contributed by atoms with van der Waals surface area (Å²) in [6.07, 6.45) is 0.911. The fourth-order valence-electron chi connectivity index (χ4n) is 3.07. The summed E-state index contributed by atoms with van der Waals surface area (Å²) < 4.78 is 1.14. The number of likely N-dealkylation sites (tertiary alicyclic amines) is 1. The Morgan fingerprint density at radius 1 is 1.38 bits per heavy atom. The fraction of sp³-hybridized carbons (Fsp3) is 0.438. The molecule has 24 heavy (non-hydrogen) atoms. The Bertz CT molecular complexity index is 874. The van der Waals surface area contributed by atoms with Crippen molar-refractivity contribution < 1.29 is 4.79 Å². The van der Waals surface area contributed by atoms with Crippen LogP contribution in [-0.2, 0) is 6.54 Å². The van der Waals surface area contributed by atoms with Gasteiger partial charge >= 0.3 is 5.69 Å². The first-order chi connectivity index (χ1) is 11.0. The molecule has 3 N–H and O–H groups in total. The zero-order valence-corrected chi connectivity index (χ0v) is 14.3. The van der Waals surface area contributed by atoms with Crippen LogP contribution in [0, 0.1) is 5.92 Å². The van der Waals surface area contributed by atoms with E-state index < -0.39 is 5.69 Å². The molecule has 1 atom stereocenters. The van der Waals surface area contributed by atoms with Crippen molar-refractivity contribution in [3.63, 3.8) is 0 Å². The molecule has 1 aliphatic heterocycles. The Kier molecular flexibility index (Phi) is 5.46. The van der Waals surface area contributed by atoms with Gasteiger partial charge in [-0.1, -0.05) is 0 Å². The van der Waals surface area contributed by atoms with Gasteiger partial charge in [0.25, 0.3) is 11.5 Å². The molecule has 1 aliphatic rings. The third kappa shape index (κ3) is 3.09. The van der Waals surface area contributed by atoms with Gasteiger partial charge in [0.2, 0.25) is 0 Å². The highest BCUT2D eigenvalue weighted by molar-refractivity contribution is 5.97. The van der Waals surface area contributed by atoms with Gasteiger partial charge in [-0.3, -0.25) is 14.2 Å². The van der Waals surface area contributed by atoms with E-state index in [1.165, 1.54) is 0 Å². The quantitative estimate of drug-likeness (QED) is 0.842. The van der Waals surface area contributed by atoms with E-state index >= 15 is 0 Å². The molecule has 1 aromatic carbocycles. The highest BCUT2D eigenvalue weighted by Gasteiger charge is 2.26. The molecule has 1 unspecified atom stereocenters. The zero-order chi connectivity index (χ0) is 16.6. The third-order valence-electron chi connectivity index (χ3n) is 4.45. The van der Waals surface area contributed by atoms with Crippen molar-refractivity contribution in [1.82, 2.24) is 14.5 Å². The van der Waals surface area contributed by atoms with Gasteiger partial charge in [-0.15, -0.1) is 12.4 Å². The molecular weight excluding hydrogens is 332 g/mol. The molecule has 7 nitrogen and oxygen atoms in total. The number of nitrogens with two attached hydrogens (primary N) is 1. The molecule has 2 aromatic rings. The number of fused-ring (bicyclic) bond motifs is 1. The number of amides is 1. The second kappa shape index (κ2) is 7.19. The van der Waals surface area contributed by atoms with E-state index in [4.69, 9.17) is 5.73 Å². The van der Waals surface area contributed by atoms with Gasteiger partial charge in [-0.2, -0.15) is 0 Å². The normalized spacial score (nSPS) is 17.1. The average molecular weight is 353 g/mol. The van der Waals surface area contributed by atoms with E-state index in [2.05, 4.69) is 4.98 Å². The number of H-pyrrole nitrogens is 1. The standard InChI is InChI=1S/C16H20N4O3.ClH/c1-2-20-15(22)12-4-3-11(7-13(12)18-16(20)23)14(21)19-6-5-10(8-17)9-19;/h3-4,7,10H,2,5-6,8-9,17H2,1H3,(H,18,23);1H. The highest BCUT2D eigenvalue weighted by Crippen LogP contribution is 2.19. The molecule has 1 amide bonds. The molecular formula is C16H21ClN4O3. The molecule has 3 rings (SSSR count). The summed E-state index contributed by atoms with van der Waals surface area (Å²) in [5, 5.41) is 0.407. The van der Waals surface area contributed by atoms with Gasteiger partial charge < -0.3 is 15.6 Å².